The fourth-order valence-electron chi connectivity index (χ4n) is 1.21. The van der Waals surface area contributed by atoms with E-state index in [1.165, 1.54) is 17.3 Å². The molecule has 1 aromatic heterocycles. The Morgan fingerprint density at radius 2 is 2.00 bits per heavy atom. The monoisotopic (exact) mass is 217 g/mol. The quantitative estimate of drug-likeness (QED) is 0.839. The summed E-state index contributed by atoms with van der Waals surface area (Å²) in [6.07, 6.45) is 3.24. The molecule has 15 heavy (non-hydrogen) atoms. The number of nitrogen functional groups attached to an aromatic ring is 1. The van der Waals surface area contributed by atoms with E-state index >= 15 is 0 Å². The molecule has 0 amide bonds. The first-order valence-corrected chi connectivity index (χ1v) is 5.38. The topological polar surface area (TPSA) is 51.8 Å². The largest absolute Gasteiger partial charge is 0.381 e. The van der Waals surface area contributed by atoms with Crippen LogP contribution in [0.1, 0.15) is 5.56 Å². The number of nitrogens with two attached hydrogens (primary N) is 1. The fourth-order valence-corrected chi connectivity index (χ4v) is 2.09. The lowest BCUT2D eigenvalue weighted by Gasteiger charge is -2.03. The Morgan fingerprint density at radius 1 is 1.20 bits per heavy atom. The molecule has 0 atom stereocenters. The van der Waals surface area contributed by atoms with Gasteiger partial charge in [0, 0.05) is 17.3 Å². The van der Waals surface area contributed by atoms with E-state index in [0.717, 1.165) is 9.92 Å². The van der Waals surface area contributed by atoms with Crippen molar-refractivity contribution in [3.05, 3.63) is 42.2 Å². The second kappa shape index (κ2) is 4.31. The number of benzene rings is 1. The van der Waals surface area contributed by atoms with Gasteiger partial charge in [-0.25, -0.2) is 9.97 Å². The molecule has 2 rings (SSSR count). The smallest absolute Gasteiger partial charge is 0.156 e. The van der Waals surface area contributed by atoms with Crippen LogP contribution in [0.15, 0.2) is 46.6 Å². The molecule has 2 aromatic rings. The third-order valence-corrected chi connectivity index (χ3v) is 2.89. The van der Waals surface area contributed by atoms with Crippen molar-refractivity contribution >= 4 is 17.6 Å². The van der Waals surface area contributed by atoms with Crippen molar-refractivity contribution in [2.45, 2.75) is 16.8 Å². The molecule has 0 aliphatic heterocycles. The number of hydrogen-bond donors (Lipinski definition) is 1. The van der Waals surface area contributed by atoms with Gasteiger partial charge in [-0.05, 0) is 19.1 Å². The van der Waals surface area contributed by atoms with Crippen LogP contribution < -0.4 is 5.73 Å². The van der Waals surface area contributed by atoms with E-state index in [1.54, 1.807) is 12.4 Å². The van der Waals surface area contributed by atoms with E-state index in [-0.39, 0.29) is 0 Å². The Kier molecular flexibility index (Phi) is 2.87. The van der Waals surface area contributed by atoms with Gasteiger partial charge < -0.3 is 5.73 Å². The summed E-state index contributed by atoms with van der Waals surface area (Å²) in [5.74, 6) is 0.476. The van der Waals surface area contributed by atoms with Crippen molar-refractivity contribution in [1.29, 1.82) is 0 Å². The number of aromatic nitrogens is 2. The molecule has 0 aliphatic rings. The van der Waals surface area contributed by atoms with Crippen molar-refractivity contribution in [2.75, 3.05) is 5.73 Å². The lowest BCUT2D eigenvalue weighted by atomic mass is 10.2. The number of anilines is 1. The first-order valence-electron chi connectivity index (χ1n) is 4.57. The lowest BCUT2D eigenvalue weighted by molar-refractivity contribution is 1.07. The van der Waals surface area contributed by atoms with Crippen LogP contribution in [0.25, 0.3) is 0 Å². The van der Waals surface area contributed by atoms with Gasteiger partial charge in [-0.1, -0.05) is 29.5 Å². The number of nitrogens with zero attached hydrogens (tertiary/aromatic N) is 2. The molecular formula is C11H11N3S. The average molecular weight is 217 g/mol. The molecule has 0 fully saturated rings. The van der Waals surface area contributed by atoms with Crippen molar-refractivity contribution in [3.63, 3.8) is 0 Å². The Morgan fingerprint density at radius 3 is 2.73 bits per heavy atom. The SMILES string of the molecule is Cc1cccc(Sc2nccnc2N)c1. The minimum atomic E-state index is 0.476. The van der Waals surface area contributed by atoms with Gasteiger partial charge in [0.05, 0.1) is 0 Å². The van der Waals surface area contributed by atoms with E-state index < -0.39 is 0 Å². The zero-order chi connectivity index (χ0) is 10.7. The highest BCUT2D eigenvalue weighted by atomic mass is 32.2. The molecular weight excluding hydrogens is 206 g/mol. The van der Waals surface area contributed by atoms with Crippen molar-refractivity contribution in [3.8, 4) is 0 Å². The molecule has 1 heterocycles. The van der Waals surface area contributed by atoms with E-state index in [1.807, 2.05) is 12.1 Å². The maximum atomic E-state index is 5.71. The van der Waals surface area contributed by atoms with E-state index in [2.05, 4.69) is 29.0 Å². The summed E-state index contributed by atoms with van der Waals surface area (Å²) in [6, 6.07) is 8.21. The van der Waals surface area contributed by atoms with Crippen molar-refractivity contribution in [2.24, 2.45) is 0 Å². The van der Waals surface area contributed by atoms with Gasteiger partial charge >= 0.3 is 0 Å². The molecule has 2 N–H and O–H groups in total. The van der Waals surface area contributed by atoms with E-state index in [0.29, 0.717) is 5.82 Å². The Bertz CT molecular complexity index is 471. The molecule has 1 aromatic carbocycles. The van der Waals surface area contributed by atoms with Crippen LogP contribution in [0.4, 0.5) is 5.82 Å². The maximum Gasteiger partial charge on any atom is 0.156 e. The molecule has 76 valence electrons. The first kappa shape index (κ1) is 9.98. The van der Waals surface area contributed by atoms with E-state index in [4.69, 9.17) is 5.73 Å². The van der Waals surface area contributed by atoms with Crippen LogP contribution in [0.3, 0.4) is 0 Å². The summed E-state index contributed by atoms with van der Waals surface area (Å²) in [4.78, 5) is 9.30. The summed E-state index contributed by atoms with van der Waals surface area (Å²) in [5.41, 5.74) is 6.94. The summed E-state index contributed by atoms with van der Waals surface area (Å²) in [6.45, 7) is 2.06. The van der Waals surface area contributed by atoms with Gasteiger partial charge in [-0.2, -0.15) is 0 Å². The molecule has 0 bridgehead atoms. The molecule has 0 radical (unpaired) electrons. The van der Waals surface area contributed by atoms with Gasteiger partial charge in [0.15, 0.2) is 5.82 Å². The van der Waals surface area contributed by atoms with Gasteiger partial charge in [0.1, 0.15) is 5.03 Å². The summed E-state index contributed by atoms with van der Waals surface area (Å²) >= 11 is 1.53. The highest BCUT2D eigenvalue weighted by molar-refractivity contribution is 7.99. The van der Waals surface area contributed by atoms with Gasteiger partial charge in [0.2, 0.25) is 0 Å². The third kappa shape index (κ3) is 2.47. The van der Waals surface area contributed by atoms with Crippen LogP contribution in [0, 0.1) is 6.92 Å². The molecule has 0 spiro atoms. The normalized spacial score (nSPS) is 10.2. The van der Waals surface area contributed by atoms with Crippen LogP contribution in [-0.4, -0.2) is 9.97 Å². The van der Waals surface area contributed by atoms with Crippen LogP contribution in [-0.2, 0) is 0 Å². The fraction of sp³-hybridized carbons (Fsp3) is 0.0909. The Labute approximate surface area is 92.8 Å². The highest BCUT2D eigenvalue weighted by Gasteiger charge is 2.03. The molecule has 0 saturated carbocycles. The summed E-state index contributed by atoms with van der Waals surface area (Å²) in [5, 5.41) is 0.753. The second-order valence-corrected chi connectivity index (χ2v) is 4.23. The third-order valence-electron chi connectivity index (χ3n) is 1.90. The number of hydrogen-bond acceptors (Lipinski definition) is 4. The second-order valence-electron chi connectivity index (χ2n) is 3.17. The van der Waals surface area contributed by atoms with Crippen molar-refractivity contribution in [1.82, 2.24) is 9.97 Å². The molecule has 3 nitrogen and oxygen atoms in total. The lowest BCUT2D eigenvalue weighted by Crippen LogP contribution is -1.94. The molecule has 4 heteroatoms. The predicted octanol–water partition coefficient (Wildman–Crippen LogP) is 2.52. The van der Waals surface area contributed by atoms with Gasteiger partial charge in [-0.3, -0.25) is 0 Å². The molecule has 0 aliphatic carbocycles. The average Bonchev–Trinajstić information content (AvgIpc) is 2.22. The molecule has 0 unspecified atom stereocenters. The van der Waals surface area contributed by atoms with Crippen LogP contribution in [0.5, 0.6) is 0 Å². The predicted molar refractivity (Wildman–Crippen MR) is 61.7 cm³/mol. The zero-order valence-electron chi connectivity index (χ0n) is 8.34. The Hall–Kier alpha value is -1.55. The van der Waals surface area contributed by atoms with Crippen molar-refractivity contribution < 1.29 is 0 Å². The zero-order valence-corrected chi connectivity index (χ0v) is 9.16. The van der Waals surface area contributed by atoms with Crippen LogP contribution in [0.2, 0.25) is 0 Å². The number of aryl methyl sites for hydroxylation is 1. The first-order chi connectivity index (χ1) is 7.25. The summed E-state index contributed by atoms with van der Waals surface area (Å²) < 4.78 is 0. The minimum Gasteiger partial charge on any atom is -0.381 e. The van der Waals surface area contributed by atoms with E-state index in [9.17, 15) is 0 Å². The minimum absolute atomic E-state index is 0.476. The van der Waals surface area contributed by atoms with Gasteiger partial charge in [-0.15, -0.1) is 0 Å². The van der Waals surface area contributed by atoms with Crippen LogP contribution >= 0.6 is 11.8 Å². The Balaban J connectivity index is 2.26. The number of rotatable bonds is 2. The highest BCUT2D eigenvalue weighted by Crippen LogP contribution is 2.28. The summed E-state index contributed by atoms with van der Waals surface area (Å²) in [7, 11) is 0. The van der Waals surface area contributed by atoms with Gasteiger partial charge in [0.25, 0.3) is 0 Å². The molecule has 0 saturated heterocycles. The maximum absolute atomic E-state index is 5.71. The standard InChI is InChI=1S/C11H11N3S/c1-8-3-2-4-9(7-8)15-11-10(12)13-5-6-14-11/h2-7H,1H3,(H2,12,13).